The van der Waals surface area contributed by atoms with E-state index in [0.29, 0.717) is 0 Å². The summed E-state index contributed by atoms with van der Waals surface area (Å²) in [6.07, 6.45) is 4.19. The van der Waals surface area contributed by atoms with Crippen molar-refractivity contribution in [2.24, 2.45) is 0 Å². The van der Waals surface area contributed by atoms with Crippen LogP contribution in [0.4, 0.5) is 0 Å². The molecule has 0 bridgehead atoms. The lowest BCUT2D eigenvalue weighted by Crippen LogP contribution is -2.05. The molecule has 2 rings (SSSR count). The quantitative estimate of drug-likeness (QED) is 0.710. The molecule has 0 saturated carbocycles. The fourth-order valence-corrected chi connectivity index (χ4v) is 1.82. The average Bonchev–Trinajstić information content (AvgIpc) is 2.61. The van der Waals surface area contributed by atoms with E-state index in [2.05, 4.69) is 35.5 Å². The molecule has 0 aliphatic carbocycles. The van der Waals surface area contributed by atoms with Gasteiger partial charge < -0.3 is 9.30 Å². The molecule has 0 atom stereocenters. The number of ether oxygens (including phenoxy) is 1. The van der Waals surface area contributed by atoms with Crippen LogP contribution in [0.3, 0.4) is 0 Å². The number of aromatic nitrogens is 1. The van der Waals surface area contributed by atoms with Crippen LogP contribution in [0.5, 0.6) is 5.75 Å². The number of hydrogen-bond acceptors (Lipinski definition) is 1. The first kappa shape index (κ1) is 10.8. The molecule has 0 radical (unpaired) electrons. The van der Waals surface area contributed by atoms with Crippen molar-refractivity contribution in [2.75, 3.05) is 0 Å². The molecule has 1 aromatic carbocycles. The summed E-state index contributed by atoms with van der Waals surface area (Å²) < 4.78 is 7.83. The molecule has 0 amide bonds. The van der Waals surface area contributed by atoms with Crippen molar-refractivity contribution in [3.63, 3.8) is 0 Å². The Morgan fingerprint density at radius 3 is 2.88 bits per heavy atom. The number of allylic oxidation sites excluding steroid dienone is 1. The first-order chi connectivity index (χ1) is 7.70. The molecule has 0 aliphatic rings. The van der Waals surface area contributed by atoms with Gasteiger partial charge in [-0.2, -0.15) is 0 Å². The first-order valence-corrected chi connectivity index (χ1v) is 5.57. The first-order valence-electron chi connectivity index (χ1n) is 5.57. The number of hydrogen-bond donors (Lipinski definition) is 0. The minimum Gasteiger partial charge on any atom is -0.491 e. The van der Waals surface area contributed by atoms with Gasteiger partial charge in [-0.25, -0.2) is 0 Å². The Kier molecular flexibility index (Phi) is 3.00. The summed E-state index contributed by atoms with van der Waals surface area (Å²) in [4.78, 5) is 0. The van der Waals surface area contributed by atoms with Crippen molar-refractivity contribution in [1.82, 2.24) is 4.57 Å². The number of nitrogens with zero attached hydrogens (tertiary/aromatic N) is 1. The topological polar surface area (TPSA) is 14.2 Å². The van der Waals surface area contributed by atoms with Crippen LogP contribution in [-0.4, -0.2) is 10.7 Å². The van der Waals surface area contributed by atoms with Crippen LogP contribution in [0.15, 0.2) is 43.1 Å². The Morgan fingerprint density at radius 1 is 1.38 bits per heavy atom. The van der Waals surface area contributed by atoms with Crippen molar-refractivity contribution in [1.29, 1.82) is 0 Å². The highest BCUT2D eigenvalue weighted by Gasteiger charge is 2.02. The van der Waals surface area contributed by atoms with Crippen LogP contribution in [0.1, 0.15) is 13.8 Å². The van der Waals surface area contributed by atoms with Gasteiger partial charge in [-0.3, -0.25) is 0 Å². The van der Waals surface area contributed by atoms with Gasteiger partial charge >= 0.3 is 0 Å². The second-order valence-corrected chi connectivity index (χ2v) is 4.14. The third-order valence-corrected chi connectivity index (χ3v) is 2.44. The van der Waals surface area contributed by atoms with E-state index in [-0.39, 0.29) is 6.10 Å². The highest BCUT2D eigenvalue weighted by molar-refractivity contribution is 5.81. The summed E-state index contributed by atoms with van der Waals surface area (Å²) in [7, 11) is 0. The van der Waals surface area contributed by atoms with Crippen molar-refractivity contribution in [3.8, 4) is 5.75 Å². The van der Waals surface area contributed by atoms with E-state index in [4.69, 9.17) is 4.74 Å². The minimum atomic E-state index is 0.215. The maximum absolute atomic E-state index is 5.66. The van der Waals surface area contributed by atoms with Gasteiger partial charge in [0.1, 0.15) is 5.75 Å². The Labute approximate surface area is 96.1 Å². The molecular weight excluding hydrogens is 198 g/mol. The number of fused-ring (bicyclic) bond motifs is 1. The zero-order valence-corrected chi connectivity index (χ0v) is 9.81. The molecule has 1 aromatic heterocycles. The Bertz CT molecular complexity index is 496. The van der Waals surface area contributed by atoms with Gasteiger partial charge in [-0.15, -0.1) is 6.58 Å². The normalized spacial score (nSPS) is 10.9. The Balaban J connectivity index is 2.37. The summed E-state index contributed by atoms with van der Waals surface area (Å²) >= 11 is 0. The lowest BCUT2D eigenvalue weighted by Gasteiger charge is -2.09. The van der Waals surface area contributed by atoms with Crippen LogP contribution >= 0.6 is 0 Å². The summed E-state index contributed by atoms with van der Waals surface area (Å²) in [6, 6.07) is 8.29. The molecule has 0 fully saturated rings. The van der Waals surface area contributed by atoms with Gasteiger partial charge in [0.15, 0.2) is 0 Å². The van der Waals surface area contributed by atoms with E-state index in [1.165, 1.54) is 10.9 Å². The van der Waals surface area contributed by atoms with E-state index in [1.54, 1.807) is 0 Å². The molecule has 0 saturated heterocycles. The lowest BCUT2D eigenvalue weighted by molar-refractivity contribution is 0.243. The molecule has 2 aromatic rings. The fraction of sp³-hybridized carbons (Fsp3) is 0.286. The second kappa shape index (κ2) is 4.44. The summed E-state index contributed by atoms with van der Waals surface area (Å²) in [5.74, 6) is 0.929. The predicted molar refractivity (Wildman–Crippen MR) is 67.9 cm³/mol. The minimum absolute atomic E-state index is 0.215. The molecule has 0 aliphatic heterocycles. The summed E-state index contributed by atoms with van der Waals surface area (Å²) in [5, 5.41) is 1.21. The van der Waals surface area contributed by atoms with E-state index in [1.807, 2.05) is 26.0 Å². The van der Waals surface area contributed by atoms with E-state index in [0.717, 1.165) is 12.3 Å². The molecule has 0 spiro atoms. The van der Waals surface area contributed by atoms with Crippen molar-refractivity contribution in [2.45, 2.75) is 26.5 Å². The van der Waals surface area contributed by atoms with Crippen LogP contribution in [-0.2, 0) is 6.54 Å². The number of benzene rings is 1. The fourth-order valence-electron chi connectivity index (χ4n) is 1.82. The van der Waals surface area contributed by atoms with Gasteiger partial charge in [0.25, 0.3) is 0 Å². The van der Waals surface area contributed by atoms with Crippen LogP contribution in [0.2, 0.25) is 0 Å². The largest absolute Gasteiger partial charge is 0.491 e. The maximum Gasteiger partial charge on any atom is 0.120 e. The number of rotatable bonds is 4. The molecule has 84 valence electrons. The monoisotopic (exact) mass is 215 g/mol. The van der Waals surface area contributed by atoms with E-state index in [9.17, 15) is 0 Å². The molecule has 0 N–H and O–H groups in total. The molecule has 0 unspecified atom stereocenters. The van der Waals surface area contributed by atoms with Gasteiger partial charge in [-0.1, -0.05) is 6.08 Å². The SMILES string of the molecule is C=CCn1ccc2cc(OC(C)C)ccc21. The second-order valence-electron chi connectivity index (χ2n) is 4.14. The highest BCUT2D eigenvalue weighted by Crippen LogP contribution is 2.22. The van der Waals surface area contributed by atoms with Gasteiger partial charge in [0.05, 0.1) is 6.10 Å². The lowest BCUT2D eigenvalue weighted by atomic mass is 10.2. The third-order valence-electron chi connectivity index (χ3n) is 2.44. The molecule has 2 nitrogen and oxygen atoms in total. The smallest absolute Gasteiger partial charge is 0.120 e. The molecule has 16 heavy (non-hydrogen) atoms. The maximum atomic E-state index is 5.66. The van der Waals surface area contributed by atoms with Crippen LogP contribution < -0.4 is 4.74 Å². The van der Waals surface area contributed by atoms with Crippen LogP contribution in [0, 0.1) is 0 Å². The Hall–Kier alpha value is -1.70. The summed E-state index contributed by atoms with van der Waals surface area (Å²) in [5.41, 5.74) is 1.22. The van der Waals surface area contributed by atoms with Gasteiger partial charge in [0.2, 0.25) is 0 Å². The molecule has 1 heterocycles. The van der Waals surface area contributed by atoms with Gasteiger partial charge in [-0.05, 0) is 38.1 Å². The van der Waals surface area contributed by atoms with Crippen LogP contribution in [0.25, 0.3) is 10.9 Å². The third kappa shape index (κ3) is 2.11. The van der Waals surface area contributed by atoms with Crippen molar-refractivity contribution >= 4 is 10.9 Å². The predicted octanol–water partition coefficient (Wildman–Crippen LogP) is 3.61. The van der Waals surface area contributed by atoms with Crippen molar-refractivity contribution < 1.29 is 4.74 Å². The Morgan fingerprint density at radius 2 is 2.19 bits per heavy atom. The standard InChI is InChI=1S/C14H17NO/c1-4-8-15-9-7-12-10-13(16-11(2)3)5-6-14(12)15/h4-7,9-11H,1,8H2,2-3H3. The van der Waals surface area contributed by atoms with Gasteiger partial charge in [0, 0.05) is 23.6 Å². The highest BCUT2D eigenvalue weighted by atomic mass is 16.5. The molecular formula is C14H17NO. The zero-order chi connectivity index (χ0) is 11.5. The summed E-state index contributed by atoms with van der Waals surface area (Å²) in [6.45, 7) is 8.66. The zero-order valence-electron chi connectivity index (χ0n) is 9.81. The van der Waals surface area contributed by atoms with E-state index >= 15 is 0 Å². The average molecular weight is 215 g/mol. The van der Waals surface area contributed by atoms with E-state index < -0.39 is 0 Å². The molecule has 2 heteroatoms. The van der Waals surface area contributed by atoms with Crippen molar-refractivity contribution in [3.05, 3.63) is 43.1 Å².